The lowest BCUT2D eigenvalue weighted by molar-refractivity contribution is -0.120. The number of carbonyl (C=O) groups excluding carboxylic acids is 1. The molecule has 5 nitrogen and oxygen atoms in total. The van der Waals surface area contributed by atoms with Crippen LogP contribution >= 0.6 is 22.9 Å². The van der Waals surface area contributed by atoms with Gasteiger partial charge in [0.15, 0.2) is 5.13 Å². The second-order valence-corrected chi connectivity index (χ2v) is 7.27. The van der Waals surface area contributed by atoms with E-state index in [-0.39, 0.29) is 12.3 Å². The van der Waals surface area contributed by atoms with Crippen LogP contribution in [0.3, 0.4) is 0 Å². The average molecular weight is 385 g/mol. The molecule has 7 heteroatoms. The largest absolute Gasteiger partial charge is 0.361 e. The molecule has 3 heterocycles. The van der Waals surface area contributed by atoms with Gasteiger partial charge in [0.25, 0.3) is 0 Å². The number of aromatic amines is 1. The summed E-state index contributed by atoms with van der Waals surface area (Å²) in [5.74, 6) is -0.0211. The SMILES string of the molecule is O=C(Cc1csc(-n2cccc2)n1)NCCc1c[nH]c2ccc(Cl)cc12. The van der Waals surface area contributed by atoms with Gasteiger partial charge in [-0.2, -0.15) is 0 Å². The summed E-state index contributed by atoms with van der Waals surface area (Å²) in [6.07, 6.45) is 6.89. The van der Waals surface area contributed by atoms with Crippen LogP contribution in [0.5, 0.6) is 0 Å². The molecular weight excluding hydrogens is 368 g/mol. The number of halogens is 1. The minimum absolute atomic E-state index is 0.0211. The molecule has 0 saturated heterocycles. The molecule has 0 spiro atoms. The highest BCUT2D eigenvalue weighted by molar-refractivity contribution is 7.12. The minimum Gasteiger partial charge on any atom is -0.361 e. The van der Waals surface area contributed by atoms with Crippen LogP contribution in [0.25, 0.3) is 16.0 Å². The van der Waals surface area contributed by atoms with Gasteiger partial charge in [0.05, 0.1) is 12.1 Å². The Kier molecular flexibility index (Phi) is 4.77. The zero-order valence-corrected chi connectivity index (χ0v) is 15.5. The highest BCUT2D eigenvalue weighted by Gasteiger charge is 2.09. The summed E-state index contributed by atoms with van der Waals surface area (Å²) in [5, 5.41) is 7.57. The molecule has 0 atom stereocenters. The zero-order chi connectivity index (χ0) is 17.9. The van der Waals surface area contributed by atoms with Crippen molar-refractivity contribution in [2.24, 2.45) is 0 Å². The third-order valence-electron chi connectivity index (χ3n) is 4.15. The van der Waals surface area contributed by atoms with Gasteiger partial charge in [-0.05, 0) is 42.3 Å². The second-order valence-electron chi connectivity index (χ2n) is 5.99. The van der Waals surface area contributed by atoms with Crippen LogP contribution in [0.4, 0.5) is 0 Å². The van der Waals surface area contributed by atoms with E-state index in [0.29, 0.717) is 11.6 Å². The molecule has 0 aliphatic heterocycles. The van der Waals surface area contributed by atoms with Crippen molar-refractivity contribution in [2.75, 3.05) is 6.54 Å². The van der Waals surface area contributed by atoms with Gasteiger partial charge < -0.3 is 14.9 Å². The van der Waals surface area contributed by atoms with Crippen molar-refractivity contribution in [3.63, 3.8) is 0 Å². The molecule has 132 valence electrons. The first-order chi connectivity index (χ1) is 12.7. The Labute approximate surface area is 159 Å². The number of hydrogen-bond acceptors (Lipinski definition) is 3. The summed E-state index contributed by atoms with van der Waals surface area (Å²) in [7, 11) is 0. The Morgan fingerprint density at radius 3 is 3.00 bits per heavy atom. The van der Waals surface area contributed by atoms with Gasteiger partial charge in [-0.3, -0.25) is 4.79 Å². The number of amides is 1. The van der Waals surface area contributed by atoms with E-state index in [9.17, 15) is 4.79 Å². The molecule has 0 saturated carbocycles. The van der Waals surface area contributed by atoms with Crippen molar-refractivity contribution in [3.05, 3.63) is 70.6 Å². The van der Waals surface area contributed by atoms with Crippen LogP contribution in [0.2, 0.25) is 5.02 Å². The molecule has 2 N–H and O–H groups in total. The topological polar surface area (TPSA) is 62.7 Å². The highest BCUT2D eigenvalue weighted by Crippen LogP contribution is 2.22. The Morgan fingerprint density at radius 1 is 1.31 bits per heavy atom. The molecule has 0 unspecified atom stereocenters. The van der Waals surface area contributed by atoms with E-state index in [1.165, 1.54) is 11.3 Å². The lowest BCUT2D eigenvalue weighted by Crippen LogP contribution is -2.27. The molecule has 26 heavy (non-hydrogen) atoms. The van der Waals surface area contributed by atoms with Crippen molar-refractivity contribution in [3.8, 4) is 5.13 Å². The average Bonchev–Trinajstić information content (AvgIpc) is 3.35. The highest BCUT2D eigenvalue weighted by atomic mass is 35.5. The number of nitrogens with zero attached hydrogens (tertiary/aromatic N) is 2. The first kappa shape index (κ1) is 16.9. The van der Waals surface area contributed by atoms with E-state index in [0.717, 1.165) is 33.7 Å². The number of fused-ring (bicyclic) bond motifs is 1. The molecule has 1 aromatic carbocycles. The number of hydrogen-bond donors (Lipinski definition) is 2. The third kappa shape index (κ3) is 3.66. The number of benzene rings is 1. The number of aromatic nitrogens is 3. The summed E-state index contributed by atoms with van der Waals surface area (Å²) in [5.41, 5.74) is 2.98. The molecule has 3 aromatic heterocycles. The predicted molar refractivity (Wildman–Crippen MR) is 105 cm³/mol. The van der Waals surface area contributed by atoms with Gasteiger partial charge in [0, 0.05) is 46.4 Å². The van der Waals surface area contributed by atoms with Gasteiger partial charge in [-0.1, -0.05) is 11.6 Å². The standard InChI is InChI=1S/C19H17ClN4OS/c20-14-3-4-17-16(9-14)13(11-22-17)5-6-21-18(25)10-15-12-26-19(23-15)24-7-1-2-8-24/h1-4,7-9,11-12,22H,5-6,10H2,(H,21,25). The van der Waals surface area contributed by atoms with Crippen molar-refractivity contribution < 1.29 is 4.79 Å². The van der Waals surface area contributed by atoms with Crippen molar-refractivity contribution in [1.29, 1.82) is 0 Å². The number of rotatable bonds is 6. The van der Waals surface area contributed by atoms with E-state index in [4.69, 9.17) is 11.6 Å². The molecule has 0 bridgehead atoms. The van der Waals surface area contributed by atoms with Crippen molar-refractivity contribution in [2.45, 2.75) is 12.8 Å². The molecule has 1 amide bonds. The van der Waals surface area contributed by atoms with Gasteiger partial charge in [0.2, 0.25) is 5.91 Å². The summed E-state index contributed by atoms with van der Waals surface area (Å²) in [6.45, 7) is 0.576. The fourth-order valence-corrected chi connectivity index (χ4v) is 3.84. The molecule has 0 aliphatic rings. The monoisotopic (exact) mass is 384 g/mol. The van der Waals surface area contributed by atoms with Crippen LogP contribution < -0.4 is 5.32 Å². The van der Waals surface area contributed by atoms with Gasteiger partial charge in [-0.25, -0.2) is 4.98 Å². The molecule has 0 fully saturated rings. The van der Waals surface area contributed by atoms with Crippen molar-refractivity contribution >= 4 is 39.7 Å². The summed E-state index contributed by atoms with van der Waals surface area (Å²) < 4.78 is 1.94. The molecule has 0 radical (unpaired) electrons. The van der Waals surface area contributed by atoms with Crippen LogP contribution in [0, 0.1) is 0 Å². The Balaban J connectivity index is 1.32. The van der Waals surface area contributed by atoms with Crippen molar-refractivity contribution in [1.82, 2.24) is 19.9 Å². The lowest BCUT2D eigenvalue weighted by Gasteiger charge is -2.04. The number of nitrogens with one attached hydrogen (secondary N) is 2. The molecule has 0 aliphatic carbocycles. The Bertz CT molecular complexity index is 1040. The van der Waals surface area contributed by atoms with Crippen LogP contribution in [-0.4, -0.2) is 27.0 Å². The zero-order valence-electron chi connectivity index (χ0n) is 13.9. The van der Waals surface area contributed by atoms with Gasteiger partial charge in [0.1, 0.15) is 0 Å². The summed E-state index contributed by atoms with van der Waals surface area (Å²) in [6, 6.07) is 9.67. The van der Waals surface area contributed by atoms with E-state index in [1.54, 1.807) is 0 Å². The van der Waals surface area contributed by atoms with Gasteiger partial charge in [-0.15, -0.1) is 11.3 Å². The predicted octanol–water partition coefficient (Wildman–Crippen LogP) is 3.97. The van der Waals surface area contributed by atoms with E-state index in [1.807, 2.05) is 58.9 Å². The minimum atomic E-state index is -0.0211. The first-order valence-electron chi connectivity index (χ1n) is 8.29. The van der Waals surface area contributed by atoms with E-state index < -0.39 is 0 Å². The third-order valence-corrected chi connectivity index (χ3v) is 5.29. The Hall–Kier alpha value is -2.57. The summed E-state index contributed by atoms with van der Waals surface area (Å²) in [4.78, 5) is 19.9. The summed E-state index contributed by atoms with van der Waals surface area (Å²) >= 11 is 7.60. The first-order valence-corrected chi connectivity index (χ1v) is 9.55. The van der Waals surface area contributed by atoms with E-state index in [2.05, 4.69) is 15.3 Å². The maximum absolute atomic E-state index is 12.2. The second kappa shape index (κ2) is 7.35. The number of carbonyl (C=O) groups is 1. The maximum Gasteiger partial charge on any atom is 0.226 e. The fourth-order valence-electron chi connectivity index (χ4n) is 2.88. The maximum atomic E-state index is 12.2. The molecule has 4 aromatic rings. The number of H-pyrrole nitrogens is 1. The molecular formula is C19H17ClN4OS. The van der Waals surface area contributed by atoms with Crippen LogP contribution in [0.1, 0.15) is 11.3 Å². The Morgan fingerprint density at radius 2 is 2.15 bits per heavy atom. The quantitative estimate of drug-likeness (QED) is 0.528. The smallest absolute Gasteiger partial charge is 0.226 e. The van der Waals surface area contributed by atoms with Gasteiger partial charge >= 0.3 is 0 Å². The van der Waals surface area contributed by atoms with Crippen LogP contribution in [0.15, 0.2) is 54.3 Å². The fraction of sp³-hybridized carbons (Fsp3) is 0.158. The normalized spacial score (nSPS) is 11.1. The van der Waals surface area contributed by atoms with E-state index >= 15 is 0 Å². The van der Waals surface area contributed by atoms with Crippen LogP contribution in [-0.2, 0) is 17.6 Å². The lowest BCUT2D eigenvalue weighted by atomic mass is 10.1. The molecule has 4 rings (SSSR count). The number of thiazole rings is 1.